The number of likely N-dealkylation sites (tertiary alicyclic amines) is 1. The van der Waals surface area contributed by atoms with Crippen LogP contribution in [0, 0.1) is 0 Å². The molecule has 6 heteroatoms. The summed E-state index contributed by atoms with van der Waals surface area (Å²) in [6, 6.07) is 3.66. The number of pyridine rings is 1. The van der Waals surface area contributed by atoms with Crippen molar-refractivity contribution in [2.45, 2.75) is 18.8 Å². The Bertz CT molecular complexity index is 717. The Hall–Kier alpha value is -2.21. The Labute approximate surface area is 129 Å². The highest BCUT2D eigenvalue weighted by atomic mass is 16.1. The maximum Gasteiger partial charge on any atom is 0.277 e. The quantitative estimate of drug-likeness (QED) is 0.902. The molecule has 1 fully saturated rings. The van der Waals surface area contributed by atoms with Gasteiger partial charge in [-0.1, -0.05) is 0 Å². The molecule has 0 bridgehead atoms. The molecule has 6 nitrogen and oxygen atoms in total. The van der Waals surface area contributed by atoms with Crippen LogP contribution in [0.3, 0.4) is 0 Å². The molecule has 0 amide bonds. The van der Waals surface area contributed by atoms with Crippen molar-refractivity contribution in [3.05, 3.63) is 40.7 Å². The van der Waals surface area contributed by atoms with Crippen molar-refractivity contribution in [3.63, 3.8) is 0 Å². The molecule has 0 aliphatic carbocycles. The second-order valence-corrected chi connectivity index (χ2v) is 5.91. The van der Waals surface area contributed by atoms with Gasteiger partial charge in [0.15, 0.2) is 0 Å². The van der Waals surface area contributed by atoms with E-state index in [2.05, 4.69) is 16.9 Å². The van der Waals surface area contributed by atoms with Gasteiger partial charge in [0.2, 0.25) is 0 Å². The molecule has 1 saturated heterocycles. The summed E-state index contributed by atoms with van der Waals surface area (Å²) >= 11 is 0. The fourth-order valence-electron chi connectivity index (χ4n) is 3.00. The van der Waals surface area contributed by atoms with Crippen LogP contribution in [0.25, 0.3) is 11.3 Å². The normalized spacial score (nSPS) is 16.8. The van der Waals surface area contributed by atoms with Crippen LogP contribution < -0.4 is 11.3 Å². The Morgan fingerprint density at radius 3 is 2.45 bits per heavy atom. The molecule has 1 aliphatic heterocycles. The molecule has 116 valence electrons. The highest BCUT2D eigenvalue weighted by molar-refractivity contribution is 5.71. The summed E-state index contributed by atoms with van der Waals surface area (Å²) in [5.41, 5.74) is 7.44. The smallest absolute Gasteiger partial charge is 0.277 e. The van der Waals surface area contributed by atoms with Crippen molar-refractivity contribution in [2.24, 2.45) is 7.05 Å². The molecule has 0 unspecified atom stereocenters. The van der Waals surface area contributed by atoms with E-state index in [4.69, 9.17) is 10.7 Å². The number of nitrogen functional groups attached to an aromatic ring is 1. The van der Waals surface area contributed by atoms with Gasteiger partial charge in [-0.15, -0.1) is 0 Å². The molecule has 0 aromatic carbocycles. The molecule has 0 atom stereocenters. The lowest BCUT2D eigenvalue weighted by Gasteiger charge is -2.29. The number of anilines is 1. The van der Waals surface area contributed by atoms with Gasteiger partial charge in [0.25, 0.3) is 5.56 Å². The van der Waals surface area contributed by atoms with E-state index in [0.29, 0.717) is 11.6 Å². The zero-order chi connectivity index (χ0) is 15.7. The van der Waals surface area contributed by atoms with Crippen LogP contribution in [-0.2, 0) is 7.05 Å². The van der Waals surface area contributed by atoms with Crippen LogP contribution in [0.2, 0.25) is 0 Å². The number of piperidine rings is 1. The van der Waals surface area contributed by atoms with Gasteiger partial charge >= 0.3 is 0 Å². The summed E-state index contributed by atoms with van der Waals surface area (Å²) in [6.07, 6.45) is 5.39. The summed E-state index contributed by atoms with van der Waals surface area (Å²) in [4.78, 5) is 23.5. The van der Waals surface area contributed by atoms with Gasteiger partial charge < -0.3 is 10.6 Å². The fourth-order valence-corrected chi connectivity index (χ4v) is 3.00. The first-order valence-electron chi connectivity index (χ1n) is 7.53. The minimum atomic E-state index is -0.171. The lowest BCUT2D eigenvalue weighted by Crippen LogP contribution is -2.33. The lowest BCUT2D eigenvalue weighted by atomic mass is 9.95. The molecule has 0 radical (unpaired) electrons. The van der Waals surface area contributed by atoms with Crippen molar-refractivity contribution >= 4 is 5.69 Å². The second-order valence-electron chi connectivity index (χ2n) is 5.91. The van der Waals surface area contributed by atoms with Crippen molar-refractivity contribution in [1.82, 2.24) is 19.4 Å². The third kappa shape index (κ3) is 2.62. The van der Waals surface area contributed by atoms with Gasteiger partial charge in [-0.25, -0.2) is 4.98 Å². The topological polar surface area (TPSA) is 77.0 Å². The van der Waals surface area contributed by atoms with Gasteiger partial charge in [0.1, 0.15) is 17.2 Å². The van der Waals surface area contributed by atoms with Crippen molar-refractivity contribution in [1.29, 1.82) is 0 Å². The lowest BCUT2D eigenvalue weighted by molar-refractivity contribution is 0.248. The SMILES string of the molecule is CN1CCC(c2nc(-c3ccncc3)c(N)c(=O)n2C)CC1. The van der Waals surface area contributed by atoms with E-state index in [9.17, 15) is 4.79 Å². The van der Waals surface area contributed by atoms with Crippen molar-refractivity contribution in [3.8, 4) is 11.3 Å². The first kappa shape index (κ1) is 14.7. The second kappa shape index (κ2) is 5.88. The Kier molecular flexibility index (Phi) is 3.94. The van der Waals surface area contributed by atoms with Crippen molar-refractivity contribution < 1.29 is 0 Å². The molecule has 0 spiro atoms. The van der Waals surface area contributed by atoms with Gasteiger partial charge in [0, 0.05) is 30.9 Å². The number of nitrogens with zero attached hydrogens (tertiary/aromatic N) is 4. The zero-order valence-electron chi connectivity index (χ0n) is 13.0. The fraction of sp³-hybridized carbons (Fsp3) is 0.438. The minimum Gasteiger partial charge on any atom is -0.392 e. The molecule has 3 heterocycles. The zero-order valence-corrected chi connectivity index (χ0v) is 13.0. The number of nitrogens with two attached hydrogens (primary N) is 1. The van der Waals surface area contributed by atoms with Crippen LogP contribution >= 0.6 is 0 Å². The predicted molar refractivity (Wildman–Crippen MR) is 86.6 cm³/mol. The number of hydrogen-bond donors (Lipinski definition) is 1. The largest absolute Gasteiger partial charge is 0.392 e. The third-order valence-electron chi connectivity index (χ3n) is 4.40. The molecule has 22 heavy (non-hydrogen) atoms. The maximum absolute atomic E-state index is 12.5. The molecule has 2 aromatic heterocycles. The Morgan fingerprint density at radius 2 is 1.82 bits per heavy atom. The Morgan fingerprint density at radius 1 is 1.18 bits per heavy atom. The van der Waals surface area contributed by atoms with Crippen LogP contribution in [0.5, 0.6) is 0 Å². The average Bonchev–Trinajstić information content (AvgIpc) is 2.55. The molecular formula is C16H21N5O. The van der Waals surface area contributed by atoms with Crippen molar-refractivity contribution in [2.75, 3.05) is 25.9 Å². The summed E-state index contributed by atoms with van der Waals surface area (Å²) in [7, 11) is 3.88. The monoisotopic (exact) mass is 299 g/mol. The van der Waals surface area contributed by atoms with E-state index in [0.717, 1.165) is 37.3 Å². The first-order chi connectivity index (χ1) is 10.6. The molecule has 0 saturated carbocycles. The third-order valence-corrected chi connectivity index (χ3v) is 4.40. The van der Waals surface area contributed by atoms with Crippen LogP contribution in [0.15, 0.2) is 29.3 Å². The highest BCUT2D eigenvalue weighted by Crippen LogP contribution is 2.28. The van der Waals surface area contributed by atoms with Gasteiger partial charge in [0.05, 0.1) is 0 Å². The van der Waals surface area contributed by atoms with Gasteiger partial charge in [-0.3, -0.25) is 14.3 Å². The van der Waals surface area contributed by atoms with Gasteiger partial charge in [-0.05, 0) is 45.1 Å². The van der Waals surface area contributed by atoms with E-state index < -0.39 is 0 Å². The molecule has 1 aliphatic rings. The van der Waals surface area contributed by atoms with E-state index in [1.807, 2.05) is 12.1 Å². The van der Waals surface area contributed by atoms with Crippen LogP contribution in [0.1, 0.15) is 24.6 Å². The summed E-state index contributed by atoms with van der Waals surface area (Å²) in [5.74, 6) is 1.13. The van der Waals surface area contributed by atoms with Crippen LogP contribution in [0.4, 0.5) is 5.69 Å². The molecule has 2 N–H and O–H groups in total. The first-order valence-corrected chi connectivity index (χ1v) is 7.53. The molecule has 2 aromatic rings. The van der Waals surface area contributed by atoms with E-state index in [1.54, 1.807) is 24.0 Å². The Balaban J connectivity index is 2.08. The molecule has 3 rings (SSSR count). The van der Waals surface area contributed by atoms with E-state index in [-0.39, 0.29) is 11.2 Å². The molecular weight excluding hydrogens is 278 g/mol. The van der Waals surface area contributed by atoms with Crippen LogP contribution in [-0.4, -0.2) is 39.6 Å². The number of rotatable bonds is 2. The van der Waals surface area contributed by atoms with E-state index in [1.165, 1.54) is 0 Å². The van der Waals surface area contributed by atoms with E-state index >= 15 is 0 Å². The number of aromatic nitrogens is 3. The summed E-state index contributed by atoms with van der Waals surface area (Å²) < 4.78 is 1.61. The minimum absolute atomic E-state index is 0.171. The predicted octanol–water partition coefficient (Wildman–Crippen LogP) is 1.23. The number of hydrogen-bond acceptors (Lipinski definition) is 5. The average molecular weight is 299 g/mol. The summed E-state index contributed by atoms with van der Waals surface area (Å²) in [6.45, 7) is 2.05. The standard InChI is InChI=1S/C16H21N5O/c1-20-9-5-12(6-10-20)15-19-14(11-3-7-18-8-4-11)13(17)16(22)21(15)2/h3-4,7-8,12H,5-6,9-10,17H2,1-2H3. The maximum atomic E-state index is 12.5. The van der Waals surface area contributed by atoms with Gasteiger partial charge in [-0.2, -0.15) is 0 Å². The summed E-state index contributed by atoms with van der Waals surface area (Å²) in [5, 5.41) is 0. The highest BCUT2D eigenvalue weighted by Gasteiger charge is 2.24.